The fraction of sp³-hybridized carbons (Fsp3) is 0.0299. The number of fused-ring (bicyclic) bond motifs is 15. The quantitative estimate of drug-likeness (QED) is 0.164. The molecule has 10 aromatic carbocycles. The minimum Gasteiger partial charge on any atom is -0.295 e. The number of rotatable bonds is 6. The first-order valence-corrected chi connectivity index (χ1v) is 24.9. The van der Waals surface area contributed by atoms with Gasteiger partial charge >= 0.3 is 0 Å². The van der Waals surface area contributed by atoms with Crippen LogP contribution in [-0.4, -0.2) is 32.2 Å². The summed E-state index contributed by atoms with van der Waals surface area (Å²) in [6.07, 6.45) is 0. The van der Waals surface area contributed by atoms with Crippen LogP contribution in [-0.2, 0) is 0 Å². The molecule has 0 amide bonds. The van der Waals surface area contributed by atoms with Crippen molar-refractivity contribution in [2.24, 2.45) is 0 Å². The molecule has 348 valence electrons. The standard InChI is InChI=1S/C67H45N7/c1-42-37-61-53(63-49-29-12-15-32-56(49)69(44-21-6-3-7-22-44)65(63)71(61)46-25-10-5-11-26-46)40-51(42)52-41-54-62(38-43(52)2)72(66-64(54)50-30-13-16-33-57(50)70(66)45-23-8-4-9-24-45)47-27-20-28-48(39-47)73-59-35-18-19-36-60(59)74-58-34-17-14-31-55(58)68-67(73)74/h3-41H,1-2H3/i1D3,2D3. The van der Waals surface area contributed by atoms with Gasteiger partial charge < -0.3 is 0 Å². The van der Waals surface area contributed by atoms with Crippen molar-refractivity contribution in [2.75, 3.05) is 0 Å². The molecule has 0 fully saturated rings. The molecule has 0 aliphatic carbocycles. The van der Waals surface area contributed by atoms with Gasteiger partial charge in [-0.1, -0.05) is 121 Å². The number of para-hydroxylation sites is 9. The molecule has 16 aromatic rings. The average molecular weight is 954 g/mol. The predicted molar refractivity (Wildman–Crippen MR) is 307 cm³/mol. The Morgan fingerprint density at radius 1 is 0.311 bits per heavy atom. The normalized spacial score (nSPS) is 13.7. The summed E-state index contributed by atoms with van der Waals surface area (Å²) in [5.41, 5.74) is 14.0. The summed E-state index contributed by atoms with van der Waals surface area (Å²) in [6, 6.07) is 79.3. The van der Waals surface area contributed by atoms with Crippen LogP contribution in [0.25, 0.3) is 133 Å². The minimum atomic E-state index is -2.70. The lowest BCUT2D eigenvalue weighted by Crippen LogP contribution is -2.03. The topological polar surface area (TPSA) is 42.0 Å². The van der Waals surface area contributed by atoms with E-state index < -0.39 is 13.7 Å². The van der Waals surface area contributed by atoms with E-state index in [0.29, 0.717) is 22.2 Å². The maximum absolute atomic E-state index is 9.45. The Labute approximate surface area is 433 Å². The zero-order valence-corrected chi connectivity index (χ0v) is 39.6. The molecule has 0 spiro atoms. The molecule has 7 nitrogen and oxygen atoms in total. The van der Waals surface area contributed by atoms with E-state index in [1.807, 2.05) is 140 Å². The third-order valence-electron chi connectivity index (χ3n) is 15.2. The second-order valence-electron chi connectivity index (χ2n) is 19.2. The number of aromatic nitrogens is 7. The first-order chi connectivity index (χ1) is 39.0. The Morgan fingerprint density at radius 3 is 1.24 bits per heavy atom. The molecule has 0 bridgehead atoms. The van der Waals surface area contributed by atoms with Crippen molar-refractivity contribution < 1.29 is 8.22 Å². The largest absolute Gasteiger partial charge is 0.295 e. The number of hydrogen-bond donors (Lipinski definition) is 0. The summed E-state index contributed by atoms with van der Waals surface area (Å²) in [5, 5.41) is 5.34. The Balaban J connectivity index is 1.04. The van der Waals surface area contributed by atoms with Crippen LogP contribution in [0.5, 0.6) is 0 Å². The second-order valence-corrected chi connectivity index (χ2v) is 19.2. The van der Waals surface area contributed by atoms with Gasteiger partial charge in [0.1, 0.15) is 11.3 Å². The summed E-state index contributed by atoms with van der Waals surface area (Å²) in [4.78, 5) is 5.20. The molecule has 0 saturated carbocycles. The van der Waals surface area contributed by atoms with E-state index in [4.69, 9.17) is 4.98 Å². The highest BCUT2D eigenvalue weighted by atomic mass is 15.2. The lowest BCUT2D eigenvalue weighted by atomic mass is 9.93. The average Bonchev–Trinajstić information content (AvgIpc) is 4.51. The zero-order chi connectivity index (χ0) is 53.8. The molecule has 6 aromatic heterocycles. The van der Waals surface area contributed by atoms with Crippen molar-refractivity contribution in [1.82, 2.24) is 32.2 Å². The van der Waals surface area contributed by atoms with Crippen LogP contribution in [0, 0.1) is 13.7 Å². The molecular formula is C67H45N7. The van der Waals surface area contributed by atoms with Gasteiger partial charge in [0.2, 0.25) is 5.78 Å². The summed E-state index contributed by atoms with van der Waals surface area (Å²) >= 11 is 0. The van der Waals surface area contributed by atoms with Crippen molar-refractivity contribution in [2.45, 2.75) is 13.7 Å². The van der Waals surface area contributed by atoms with E-state index in [2.05, 4.69) is 112 Å². The third kappa shape index (κ3) is 5.58. The van der Waals surface area contributed by atoms with Gasteiger partial charge in [0, 0.05) is 63.3 Å². The van der Waals surface area contributed by atoms with Crippen LogP contribution in [0.15, 0.2) is 237 Å². The Bertz CT molecular complexity index is 5210. The van der Waals surface area contributed by atoms with Crippen molar-refractivity contribution in [3.05, 3.63) is 248 Å². The first kappa shape index (κ1) is 35.3. The fourth-order valence-electron chi connectivity index (χ4n) is 12.2. The highest BCUT2D eigenvalue weighted by Gasteiger charge is 2.27. The summed E-state index contributed by atoms with van der Waals surface area (Å²) in [7, 11) is 0. The van der Waals surface area contributed by atoms with Gasteiger partial charge in [-0.15, -0.1) is 0 Å². The van der Waals surface area contributed by atoms with Crippen LogP contribution in [0.3, 0.4) is 0 Å². The summed E-state index contributed by atoms with van der Waals surface area (Å²) in [5.74, 6) is 0.767. The van der Waals surface area contributed by atoms with Gasteiger partial charge in [-0.2, -0.15) is 0 Å². The molecule has 6 heterocycles. The second kappa shape index (κ2) is 15.3. The van der Waals surface area contributed by atoms with E-state index in [0.717, 1.165) is 111 Å². The molecule has 0 atom stereocenters. The van der Waals surface area contributed by atoms with Crippen molar-refractivity contribution in [3.8, 4) is 39.6 Å². The molecule has 7 heteroatoms. The van der Waals surface area contributed by atoms with Gasteiger partial charge in [-0.05, 0) is 151 Å². The van der Waals surface area contributed by atoms with Crippen LogP contribution >= 0.6 is 0 Å². The maximum Gasteiger partial charge on any atom is 0.220 e. The zero-order valence-electron chi connectivity index (χ0n) is 45.6. The van der Waals surface area contributed by atoms with Crippen LogP contribution < -0.4 is 0 Å². The van der Waals surface area contributed by atoms with Crippen molar-refractivity contribution >= 4 is 93.5 Å². The third-order valence-corrected chi connectivity index (χ3v) is 15.2. The Kier molecular flexibility index (Phi) is 7.31. The maximum atomic E-state index is 9.45. The minimum absolute atomic E-state index is 0.0376. The summed E-state index contributed by atoms with van der Waals surface area (Å²) < 4.78 is 69.6. The molecular weight excluding hydrogens is 903 g/mol. The van der Waals surface area contributed by atoms with Gasteiger partial charge in [0.05, 0.1) is 49.8 Å². The number of imidazole rings is 2. The molecule has 0 N–H and O–H groups in total. The smallest absolute Gasteiger partial charge is 0.220 e. The first-order valence-electron chi connectivity index (χ1n) is 27.9. The number of nitrogens with zero attached hydrogens (tertiary/aromatic N) is 7. The molecule has 0 saturated heterocycles. The highest BCUT2D eigenvalue weighted by molar-refractivity contribution is 6.25. The van der Waals surface area contributed by atoms with E-state index in [9.17, 15) is 8.22 Å². The molecule has 0 unspecified atom stereocenters. The van der Waals surface area contributed by atoms with Gasteiger partial charge in [-0.3, -0.25) is 27.2 Å². The van der Waals surface area contributed by atoms with Crippen molar-refractivity contribution in [3.63, 3.8) is 0 Å². The summed E-state index contributed by atoms with van der Waals surface area (Å²) in [6.45, 7) is -5.37. The number of benzene rings is 10. The molecule has 0 aliphatic rings. The highest BCUT2D eigenvalue weighted by Crippen LogP contribution is 2.47. The van der Waals surface area contributed by atoms with E-state index in [-0.39, 0.29) is 11.1 Å². The van der Waals surface area contributed by atoms with Gasteiger partial charge in [0.25, 0.3) is 0 Å². The van der Waals surface area contributed by atoms with Crippen LogP contribution in [0.1, 0.15) is 19.4 Å². The number of aryl methyl sites for hydroxylation is 2. The Hall–Kier alpha value is -9.85. The lowest BCUT2D eigenvalue weighted by molar-refractivity contribution is 1.05. The van der Waals surface area contributed by atoms with E-state index in [1.54, 1.807) is 12.1 Å². The predicted octanol–water partition coefficient (Wildman–Crippen LogP) is 16.8. The van der Waals surface area contributed by atoms with E-state index in [1.165, 1.54) is 0 Å². The molecule has 74 heavy (non-hydrogen) atoms. The molecule has 16 rings (SSSR count). The molecule has 0 aliphatic heterocycles. The number of hydrogen-bond acceptors (Lipinski definition) is 1. The van der Waals surface area contributed by atoms with Crippen molar-refractivity contribution in [1.29, 1.82) is 0 Å². The monoisotopic (exact) mass is 953 g/mol. The van der Waals surface area contributed by atoms with Crippen LogP contribution in [0.4, 0.5) is 0 Å². The van der Waals surface area contributed by atoms with E-state index >= 15 is 0 Å². The SMILES string of the molecule is [2H]C([2H])([2H])c1cc2c(cc1-c1cc3c4c5ccccc5n(-c5ccccc5)c4n(-c4cccc(-n5c6ccccc6n6c7ccccc7nc56)c4)c3cc1C([2H])([2H])[2H])c1c3ccccc3n(-c3ccccc3)c1n2-c1ccccc1. The Morgan fingerprint density at radius 2 is 0.716 bits per heavy atom. The van der Waals surface area contributed by atoms with Crippen LogP contribution in [0.2, 0.25) is 0 Å². The molecule has 0 radical (unpaired) electrons. The lowest BCUT2D eigenvalue weighted by Gasteiger charge is -2.16. The fourth-order valence-corrected chi connectivity index (χ4v) is 12.2. The van der Waals surface area contributed by atoms with Gasteiger partial charge in [-0.25, -0.2) is 4.98 Å². The van der Waals surface area contributed by atoms with Gasteiger partial charge in [0.15, 0.2) is 0 Å².